The van der Waals surface area contributed by atoms with Crippen LogP contribution in [0.2, 0.25) is 0 Å². The molecule has 2 heterocycles. The second-order valence-corrected chi connectivity index (χ2v) is 5.39. The lowest BCUT2D eigenvalue weighted by Gasteiger charge is -2.33. The van der Waals surface area contributed by atoms with Crippen molar-refractivity contribution in [3.8, 4) is 0 Å². The van der Waals surface area contributed by atoms with Crippen LogP contribution in [0.25, 0.3) is 0 Å². The fraction of sp³-hybridized carbons (Fsp3) is 0.643. The first-order valence-corrected chi connectivity index (χ1v) is 7.19. The van der Waals surface area contributed by atoms with E-state index in [2.05, 4.69) is 19.6 Å². The second kappa shape index (κ2) is 7.10. The molecule has 116 valence electrons. The van der Waals surface area contributed by atoms with E-state index in [4.69, 9.17) is 0 Å². The molecule has 1 atom stereocenters. The highest BCUT2D eigenvalue weighted by Crippen LogP contribution is 2.19. The molecule has 1 unspecified atom stereocenters. The fourth-order valence-electron chi connectivity index (χ4n) is 2.60. The molecule has 1 saturated heterocycles. The van der Waals surface area contributed by atoms with Crippen molar-refractivity contribution >= 4 is 12.0 Å². The first kappa shape index (κ1) is 15.3. The highest BCUT2D eigenvalue weighted by Gasteiger charge is 2.27. The summed E-state index contributed by atoms with van der Waals surface area (Å²) in [4.78, 5) is 29.2. The summed E-state index contributed by atoms with van der Waals surface area (Å²) in [6.07, 6.45) is 6.91. The number of hydrogen-bond donors (Lipinski definition) is 1. The fourth-order valence-corrected chi connectivity index (χ4v) is 2.60. The maximum absolute atomic E-state index is 12.2. The third-order valence-electron chi connectivity index (χ3n) is 3.84. The number of ether oxygens (including phenoxy) is 1. The van der Waals surface area contributed by atoms with Crippen molar-refractivity contribution in [2.45, 2.75) is 32.4 Å². The number of imidazole rings is 1. The summed E-state index contributed by atoms with van der Waals surface area (Å²) in [6.45, 7) is 4.08. The number of likely N-dealkylation sites (tertiary alicyclic amines) is 1. The number of piperidine rings is 1. The number of rotatable bonds is 4. The van der Waals surface area contributed by atoms with Gasteiger partial charge in [-0.3, -0.25) is 4.79 Å². The largest absolute Gasteiger partial charge is 0.453 e. The van der Waals surface area contributed by atoms with Crippen molar-refractivity contribution in [3.63, 3.8) is 0 Å². The summed E-state index contributed by atoms with van der Waals surface area (Å²) in [5.41, 5.74) is 0. The molecular weight excluding hydrogens is 272 g/mol. The van der Waals surface area contributed by atoms with Crippen molar-refractivity contribution in [2.24, 2.45) is 5.92 Å². The number of aromatic nitrogens is 2. The minimum Gasteiger partial charge on any atom is -0.453 e. The number of carbonyl (C=O) groups is 2. The topological polar surface area (TPSA) is 76.5 Å². The van der Waals surface area contributed by atoms with Crippen LogP contribution in [0.5, 0.6) is 0 Å². The summed E-state index contributed by atoms with van der Waals surface area (Å²) in [7, 11) is 1.29. The Labute approximate surface area is 124 Å². The predicted molar refractivity (Wildman–Crippen MR) is 76.5 cm³/mol. The number of nitrogens with one attached hydrogen (secondary N) is 1. The van der Waals surface area contributed by atoms with Gasteiger partial charge in [-0.1, -0.05) is 0 Å². The van der Waals surface area contributed by atoms with Gasteiger partial charge in [-0.25, -0.2) is 9.78 Å². The van der Waals surface area contributed by atoms with Gasteiger partial charge in [-0.15, -0.1) is 0 Å². The Balaban J connectivity index is 1.77. The van der Waals surface area contributed by atoms with Gasteiger partial charge in [0.2, 0.25) is 5.91 Å². The van der Waals surface area contributed by atoms with Crippen LogP contribution in [0.15, 0.2) is 18.7 Å². The normalized spacial score (nSPS) is 17.3. The molecule has 2 amide bonds. The van der Waals surface area contributed by atoms with Crippen LogP contribution in [0.1, 0.15) is 19.8 Å². The van der Waals surface area contributed by atoms with Gasteiger partial charge in [-0.2, -0.15) is 0 Å². The van der Waals surface area contributed by atoms with Crippen molar-refractivity contribution < 1.29 is 14.3 Å². The molecule has 1 aromatic rings. The van der Waals surface area contributed by atoms with E-state index in [9.17, 15) is 9.59 Å². The molecule has 2 rings (SSSR count). The molecule has 1 fully saturated rings. The minimum absolute atomic E-state index is 0.0542. The number of nitrogens with zero attached hydrogens (tertiary/aromatic N) is 3. The molecule has 0 aromatic carbocycles. The number of carbonyl (C=O) groups excluding carboxylic acids is 2. The van der Waals surface area contributed by atoms with Gasteiger partial charge in [0.15, 0.2) is 0 Å². The Hall–Kier alpha value is -2.05. The first-order chi connectivity index (χ1) is 10.1. The summed E-state index contributed by atoms with van der Waals surface area (Å²) >= 11 is 0. The lowest BCUT2D eigenvalue weighted by molar-refractivity contribution is -0.134. The van der Waals surface area contributed by atoms with Crippen LogP contribution in [0.3, 0.4) is 0 Å². The maximum atomic E-state index is 12.2. The van der Waals surface area contributed by atoms with Crippen molar-refractivity contribution in [2.75, 3.05) is 20.2 Å². The lowest BCUT2D eigenvalue weighted by Crippen LogP contribution is -2.49. The molecule has 0 saturated carbocycles. The van der Waals surface area contributed by atoms with Gasteiger partial charge in [0.05, 0.1) is 13.4 Å². The molecule has 0 aliphatic carbocycles. The quantitative estimate of drug-likeness (QED) is 0.894. The average Bonchev–Trinajstić information content (AvgIpc) is 3.00. The molecular formula is C14H22N4O3. The van der Waals surface area contributed by atoms with Crippen molar-refractivity contribution in [3.05, 3.63) is 18.7 Å². The van der Waals surface area contributed by atoms with E-state index in [1.54, 1.807) is 13.1 Å². The Morgan fingerprint density at radius 3 is 2.71 bits per heavy atom. The van der Waals surface area contributed by atoms with Gasteiger partial charge in [0.1, 0.15) is 6.04 Å². The van der Waals surface area contributed by atoms with E-state index >= 15 is 0 Å². The van der Waals surface area contributed by atoms with Crippen LogP contribution in [0.4, 0.5) is 4.79 Å². The Morgan fingerprint density at radius 2 is 2.14 bits per heavy atom. The molecule has 1 aromatic heterocycles. The SMILES string of the molecule is COC(=O)NC(C)C(=O)N1CCC(Cn2ccnc2)CC1. The Morgan fingerprint density at radius 1 is 1.43 bits per heavy atom. The molecule has 7 nitrogen and oxygen atoms in total. The highest BCUT2D eigenvalue weighted by molar-refractivity contribution is 5.85. The summed E-state index contributed by atoms with van der Waals surface area (Å²) in [5.74, 6) is 0.508. The molecule has 0 spiro atoms. The number of alkyl carbamates (subject to hydrolysis) is 1. The number of hydrogen-bond acceptors (Lipinski definition) is 4. The third kappa shape index (κ3) is 4.21. The Bertz CT molecular complexity index is 467. The summed E-state index contributed by atoms with van der Waals surface area (Å²) in [6, 6.07) is -0.553. The smallest absolute Gasteiger partial charge is 0.407 e. The van der Waals surface area contributed by atoms with Crippen molar-refractivity contribution in [1.29, 1.82) is 0 Å². The van der Waals surface area contributed by atoms with E-state index < -0.39 is 12.1 Å². The minimum atomic E-state index is -0.578. The summed E-state index contributed by atoms with van der Waals surface area (Å²) in [5, 5.41) is 2.51. The van der Waals surface area contributed by atoms with Gasteiger partial charge in [0.25, 0.3) is 0 Å². The molecule has 1 aliphatic heterocycles. The second-order valence-electron chi connectivity index (χ2n) is 5.39. The van der Waals surface area contributed by atoms with Crippen LogP contribution < -0.4 is 5.32 Å². The molecule has 7 heteroatoms. The third-order valence-corrected chi connectivity index (χ3v) is 3.84. The van der Waals surface area contributed by atoms with Crippen molar-refractivity contribution in [1.82, 2.24) is 19.8 Å². The predicted octanol–water partition coefficient (Wildman–Crippen LogP) is 0.866. The molecule has 1 aliphatic rings. The Kier molecular flexibility index (Phi) is 5.19. The maximum Gasteiger partial charge on any atom is 0.407 e. The molecule has 21 heavy (non-hydrogen) atoms. The van der Waals surface area contributed by atoms with Gasteiger partial charge < -0.3 is 19.5 Å². The molecule has 0 radical (unpaired) electrons. The van der Waals surface area contributed by atoms with E-state index in [0.717, 1.165) is 32.5 Å². The zero-order valence-corrected chi connectivity index (χ0v) is 12.5. The van der Waals surface area contributed by atoms with E-state index in [1.165, 1.54) is 7.11 Å². The van der Waals surface area contributed by atoms with Gasteiger partial charge >= 0.3 is 6.09 Å². The molecule has 0 bridgehead atoms. The standard InChI is InChI=1S/C14H22N4O3/c1-11(16-14(20)21-2)13(19)18-6-3-12(4-7-18)9-17-8-5-15-10-17/h5,8,10-12H,3-4,6-7,9H2,1-2H3,(H,16,20). The van der Waals surface area contributed by atoms with Crippen LogP contribution >= 0.6 is 0 Å². The average molecular weight is 294 g/mol. The van der Waals surface area contributed by atoms with Crippen LogP contribution in [-0.4, -0.2) is 52.7 Å². The van der Waals surface area contributed by atoms with Crippen LogP contribution in [0, 0.1) is 5.92 Å². The highest BCUT2D eigenvalue weighted by atomic mass is 16.5. The zero-order chi connectivity index (χ0) is 15.2. The van der Waals surface area contributed by atoms with E-state index in [-0.39, 0.29) is 5.91 Å². The zero-order valence-electron chi connectivity index (χ0n) is 12.5. The van der Waals surface area contributed by atoms with E-state index in [0.29, 0.717) is 5.92 Å². The number of amides is 2. The first-order valence-electron chi connectivity index (χ1n) is 7.19. The molecule has 1 N–H and O–H groups in total. The summed E-state index contributed by atoms with van der Waals surface area (Å²) < 4.78 is 6.58. The monoisotopic (exact) mass is 294 g/mol. The van der Waals surface area contributed by atoms with E-state index in [1.807, 2.05) is 17.4 Å². The van der Waals surface area contributed by atoms with Gasteiger partial charge in [0, 0.05) is 32.0 Å². The van der Waals surface area contributed by atoms with Crippen LogP contribution in [-0.2, 0) is 16.1 Å². The lowest BCUT2D eigenvalue weighted by atomic mass is 9.96. The number of methoxy groups -OCH3 is 1. The van der Waals surface area contributed by atoms with Gasteiger partial charge in [-0.05, 0) is 25.7 Å².